The largest absolute Gasteiger partial charge is 0.481 e. The first-order valence-electron chi connectivity index (χ1n) is 32.5. The third-order valence-corrected chi connectivity index (χ3v) is 16.8. The number of nitrogens with zero attached hydrogens (tertiary/aromatic N) is 3. The number of carboxylic acids is 7. The molecule has 8 atom stereocenters. The molecular formula is C64H95N13O22S. The molecule has 2 aromatic heterocycles. The van der Waals surface area contributed by atoms with Crippen molar-refractivity contribution in [1.82, 2.24) is 57.2 Å². The molecule has 3 aromatic rings. The zero-order chi connectivity index (χ0) is 75.5. The fourth-order valence-electron chi connectivity index (χ4n) is 9.40. The Kier molecular flexibility index (Phi) is 37.9. The smallest absolute Gasteiger partial charge is 0.326 e. The number of carboxylic acid groups (broad SMARTS) is 7. The van der Waals surface area contributed by atoms with Crippen LogP contribution in [0.15, 0.2) is 35.3 Å². The fraction of sp³-hybridized carbons (Fsp3) is 0.594. The normalized spacial score (nSPS) is 15.7. The number of aliphatic carboxylic acids is 7. The fourth-order valence-corrected chi connectivity index (χ4v) is 10.9. The van der Waals surface area contributed by atoms with Crippen LogP contribution in [-0.2, 0) is 54.5 Å². The number of thioether (sulfide) groups is 1. The number of nitrogen functional groups attached to an aromatic ring is 1. The van der Waals surface area contributed by atoms with Crippen LogP contribution < -0.4 is 53.8 Å². The maximum Gasteiger partial charge on any atom is 0.326 e. The highest BCUT2D eigenvalue weighted by Gasteiger charge is 2.42. The number of nitrogens with one attached hydrogen (secondary N) is 9. The number of anilines is 2. The Balaban J connectivity index is 0.000000465. The lowest BCUT2D eigenvalue weighted by Crippen LogP contribution is -2.51. The van der Waals surface area contributed by atoms with Gasteiger partial charge in [0.05, 0.1) is 30.5 Å². The number of rotatable bonds is 39. The third kappa shape index (κ3) is 33.5. The van der Waals surface area contributed by atoms with Crippen molar-refractivity contribution in [3.05, 3.63) is 52.1 Å². The summed E-state index contributed by atoms with van der Waals surface area (Å²) in [7, 11) is 0. The summed E-state index contributed by atoms with van der Waals surface area (Å²) in [6.07, 6.45) is 6.37. The molecular weight excluding hydrogens is 1330 g/mol. The van der Waals surface area contributed by atoms with Crippen LogP contribution in [0.5, 0.6) is 0 Å². The first-order chi connectivity index (χ1) is 46.9. The van der Waals surface area contributed by atoms with Crippen LogP contribution in [0.3, 0.4) is 0 Å². The van der Waals surface area contributed by atoms with Gasteiger partial charge in [-0.05, 0) is 75.1 Å². The van der Waals surface area contributed by atoms with Crippen molar-refractivity contribution < 1.29 is 103 Å². The van der Waals surface area contributed by atoms with E-state index in [4.69, 9.17) is 36.4 Å². The van der Waals surface area contributed by atoms with Crippen LogP contribution >= 0.6 is 11.8 Å². The number of H-pyrrole nitrogens is 1. The molecule has 2 aliphatic rings. The number of carbonyl (C=O) groups is 14. The summed E-state index contributed by atoms with van der Waals surface area (Å²) in [5.41, 5.74) is 6.66. The van der Waals surface area contributed by atoms with Gasteiger partial charge < -0.3 is 84.0 Å². The van der Waals surface area contributed by atoms with Crippen LogP contribution in [0.25, 0.3) is 11.2 Å². The molecule has 2 fully saturated rings. The van der Waals surface area contributed by atoms with Gasteiger partial charge in [0.1, 0.15) is 47.6 Å². The van der Waals surface area contributed by atoms with E-state index in [0.29, 0.717) is 53.3 Å². The summed E-state index contributed by atoms with van der Waals surface area (Å²) in [6, 6.07) is -1.53. The zero-order valence-electron chi connectivity index (χ0n) is 57.1. The van der Waals surface area contributed by atoms with E-state index < -0.39 is 108 Å². The number of fused-ring (bicyclic) bond motifs is 2. The highest BCUT2D eigenvalue weighted by Crippen LogP contribution is 2.33. The second-order valence-electron chi connectivity index (χ2n) is 24.9. The van der Waals surface area contributed by atoms with Gasteiger partial charge in [0.2, 0.25) is 5.95 Å². The van der Waals surface area contributed by atoms with E-state index >= 15 is 0 Å². The molecule has 0 saturated carbocycles. The van der Waals surface area contributed by atoms with Gasteiger partial charge in [0.15, 0.2) is 11.2 Å². The Morgan fingerprint density at radius 1 is 0.540 bits per heavy atom. The van der Waals surface area contributed by atoms with E-state index in [2.05, 4.69) is 71.0 Å². The number of Topliss-reactive ketones (excluding diaryl/α,β-unsaturated/α-hetero) is 3. The maximum atomic E-state index is 12.5. The number of aromatic amines is 1. The summed E-state index contributed by atoms with van der Waals surface area (Å²) in [6.45, 7) is 15.1. The summed E-state index contributed by atoms with van der Waals surface area (Å²) in [5.74, 6) is -8.21. The van der Waals surface area contributed by atoms with Crippen molar-refractivity contribution in [2.45, 2.75) is 212 Å². The molecule has 7 amide bonds. The molecule has 100 heavy (non-hydrogen) atoms. The summed E-state index contributed by atoms with van der Waals surface area (Å²) >= 11 is 1.94. The number of unbranched alkanes of at least 4 members (excludes halogenated alkanes) is 2. The number of amides is 7. The van der Waals surface area contributed by atoms with Crippen molar-refractivity contribution in [3.8, 4) is 0 Å². The summed E-state index contributed by atoms with van der Waals surface area (Å²) in [5, 5.41) is 82.9. The molecule has 2 saturated heterocycles. The highest BCUT2D eigenvalue weighted by atomic mass is 32.2. The Morgan fingerprint density at radius 2 is 0.980 bits per heavy atom. The molecule has 554 valence electrons. The van der Waals surface area contributed by atoms with E-state index in [1.165, 1.54) is 6.20 Å². The van der Waals surface area contributed by atoms with Crippen molar-refractivity contribution in [2.24, 2.45) is 23.7 Å². The average Bonchev–Trinajstić information content (AvgIpc) is 1.54. The van der Waals surface area contributed by atoms with Crippen LogP contribution in [0.1, 0.15) is 174 Å². The lowest BCUT2D eigenvalue weighted by atomic mass is 10.00. The van der Waals surface area contributed by atoms with Gasteiger partial charge in [-0.15, -0.1) is 0 Å². The maximum absolute atomic E-state index is 12.5. The Bertz CT molecular complexity index is 3370. The lowest BCUT2D eigenvalue weighted by molar-refractivity contribution is -0.142. The molecule has 18 N–H and O–H groups in total. The minimum atomic E-state index is -1.46. The predicted molar refractivity (Wildman–Crippen MR) is 363 cm³/mol. The quantitative estimate of drug-likeness (QED) is 0.0278. The Hall–Kier alpha value is -10.0. The number of hydrogen-bond acceptors (Lipinski definition) is 21. The van der Waals surface area contributed by atoms with Crippen LogP contribution in [0.4, 0.5) is 26.0 Å². The second kappa shape index (κ2) is 44.1. The van der Waals surface area contributed by atoms with E-state index in [1.807, 2.05) is 30.9 Å². The molecule has 35 nitrogen and oxygen atoms in total. The van der Waals surface area contributed by atoms with Crippen molar-refractivity contribution in [1.29, 1.82) is 0 Å². The minimum absolute atomic E-state index is 0.0229. The topological polar surface area (TPSA) is 574 Å². The van der Waals surface area contributed by atoms with Crippen molar-refractivity contribution in [3.63, 3.8) is 0 Å². The molecule has 5 rings (SSSR count). The summed E-state index contributed by atoms with van der Waals surface area (Å²) < 4.78 is 0. The monoisotopic (exact) mass is 1430 g/mol. The number of ketones is 3. The highest BCUT2D eigenvalue weighted by molar-refractivity contribution is 8.00. The van der Waals surface area contributed by atoms with Gasteiger partial charge in [-0.25, -0.2) is 48.3 Å². The van der Waals surface area contributed by atoms with Gasteiger partial charge in [-0.3, -0.25) is 38.5 Å². The van der Waals surface area contributed by atoms with E-state index in [1.54, 1.807) is 52.0 Å². The molecule has 0 bridgehead atoms. The third-order valence-electron chi connectivity index (χ3n) is 15.3. The summed E-state index contributed by atoms with van der Waals surface area (Å²) in [4.78, 5) is 185. The van der Waals surface area contributed by atoms with Gasteiger partial charge in [-0.1, -0.05) is 81.1 Å². The van der Waals surface area contributed by atoms with Gasteiger partial charge in [0.25, 0.3) is 11.5 Å². The molecule has 4 heterocycles. The number of carbonyl (C=O) groups excluding carboxylic acids is 7. The minimum Gasteiger partial charge on any atom is -0.481 e. The second-order valence-corrected chi connectivity index (χ2v) is 26.2. The van der Waals surface area contributed by atoms with Gasteiger partial charge in [0, 0.05) is 72.1 Å². The Morgan fingerprint density at radius 3 is 1.43 bits per heavy atom. The number of hydrogen-bond donors (Lipinski definition) is 17. The van der Waals surface area contributed by atoms with Crippen LogP contribution in [-0.4, -0.2) is 192 Å². The molecule has 0 aliphatic carbocycles. The van der Waals surface area contributed by atoms with E-state index in [9.17, 15) is 77.0 Å². The molecule has 1 aromatic carbocycles. The van der Waals surface area contributed by atoms with Crippen molar-refractivity contribution in [2.75, 3.05) is 16.8 Å². The predicted octanol–water partition coefficient (Wildman–Crippen LogP) is 4.37. The first kappa shape index (κ1) is 86.1. The lowest BCUT2D eigenvalue weighted by Gasteiger charge is -2.18. The Labute approximate surface area is 580 Å². The van der Waals surface area contributed by atoms with E-state index in [-0.39, 0.29) is 110 Å². The van der Waals surface area contributed by atoms with Crippen molar-refractivity contribution >= 4 is 118 Å². The van der Waals surface area contributed by atoms with E-state index in [0.717, 1.165) is 37.9 Å². The number of urea groups is 3. The molecule has 0 radical (unpaired) electrons. The first-order valence-corrected chi connectivity index (χ1v) is 33.6. The van der Waals surface area contributed by atoms with Gasteiger partial charge >= 0.3 is 59.9 Å². The number of aromatic nitrogens is 4. The number of benzene rings is 1. The molecule has 0 spiro atoms. The standard InChI is InChI=1S/C22H25N7O5.C15H26N2O7.C14H22N2O8.C13H22N2O2S/c1-11(2)16(30)8-7-15(21(33)34)27-19(31)12-3-5-13(6-4-12)24-9-14-10-25-18-17(26-14)20(32)29-22(23)28-18;1-9(2)5-3-4-6-10(13(20)21)16-15(24)17-11(14(22)23)7-8-12(18)19;1-7(2)10(17)5-3-8(12(20)21)15-14(24)16-9(13(22)23)4-6-11(18)19;1-8(2)10(16)5-3-4-6-11-12-9(7-18-11)14-13(17)15-12/h3-6,10-11,15,24H,7-9H2,1-2H3,(H,27,31)(H,33,34)(H3,23,25,28,29,32);9-11H,3-8H2,1-2H3,(H,18,19)(H,20,21)(H,22,23)(H2,16,17,24);7-9H,3-6H2,1-2H3,(H,18,19)(H,20,21)(H,22,23)(H2,15,16,24);8-9,11-12H,3-7H2,1-2H3,(H2,14,15,17)/t;10-,11-;8-,9-;9-,11-,12-/m.000/s1. The number of nitrogens with two attached hydrogens (primary N) is 1. The van der Waals surface area contributed by atoms with Crippen LogP contribution in [0.2, 0.25) is 0 Å². The van der Waals surface area contributed by atoms with Crippen LogP contribution in [0, 0.1) is 23.7 Å². The molecule has 1 unspecified atom stereocenters. The molecule has 2 aliphatic heterocycles. The average molecular weight is 1430 g/mol. The SMILES string of the molecule is CC(C)C(=O)CCC(NC(=O)c1ccc(NCc2cnc3nc(N)[nH]c(=O)c3n2)cc1)C(=O)O.CC(C)C(=O)CCCC[C@@H]1SC[C@@H]2NC(=O)N[C@@H]21.CC(C)C(=O)CC[C@H](NC(=O)N[C@@H](CCC(=O)O)C(=O)O)C(=O)O.CC(C)CCCC[C@H](NC(=O)N[C@@H](CCC(=O)O)C(=O)O)C(=O)O. The molecule has 36 heteroatoms. The zero-order valence-corrected chi connectivity index (χ0v) is 57.9. The van der Waals surface area contributed by atoms with Gasteiger partial charge in [-0.2, -0.15) is 16.7 Å².